The molecule has 1 heterocycles. The number of benzene rings is 4. The van der Waals surface area contributed by atoms with E-state index in [4.69, 9.17) is 9.47 Å². The van der Waals surface area contributed by atoms with Gasteiger partial charge in [0.05, 0.1) is 21.3 Å². The molecule has 5 rings (SSSR count). The van der Waals surface area contributed by atoms with Gasteiger partial charge in [0, 0.05) is 17.5 Å². The Hall–Kier alpha value is -3.31. The molecule has 1 saturated heterocycles. The van der Waals surface area contributed by atoms with Gasteiger partial charge >= 0.3 is 0 Å². The van der Waals surface area contributed by atoms with Gasteiger partial charge in [-0.1, -0.05) is 26.3 Å². The lowest BCUT2D eigenvalue weighted by Crippen LogP contribution is -2.33. The van der Waals surface area contributed by atoms with E-state index in [0.29, 0.717) is 40.0 Å². The molecule has 44 heavy (non-hydrogen) atoms. The number of piperidine rings is 1. The number of ether oxygens (including phenoxy) is 2. The third-order valence-corrected chi connectivity index (χ3v) is 11.2. The summed E-state index contributed by atoms with van der Waals surface area (Å²) in [6, 6.07) is 19.9. The minimum Gasteiger partial charge on any atom is -0.508 e. The van der Waals surface area contributed by atoms with Gasteiger partial charge in [0.25, 0.3) is 0 Å². The normalized spacial score (nSPS) is 14.2. The second kappa shape index (κ2) is 14.2. The SMILES string of the molecule is CCS(=O)(=O)c1cc(-c2ccc3cc(O)ccc3c2Oc2ccc(OCCN3CCCCC3)cc2)cc(S(=O)(=O)CC)c1.Cl. The topological polar surface area (TPSA) is 110 Å². The van der Waals surface area contributed by atoms with Gasteiger partial charge in [-0.25, -0.2) is 16.8 Å². The maximum Gasteiger partial charge on any atom is 0.178 e. The lowest BCUT2D eigenvalue weighted by Gasteiger charge is -2.26. The summed E-state index contributed by atoms with van der Waals surface area (Å²) >= 11 is 0. The Morgan fingerprint density at radius 2 is 1.36 bits per heavy atom. The monoisotopic (exact) mass is 659 g/mol. The van der Waals surface area contributed by atoms with Gasteiger partial charge in [0.2, 0.25) is 0 Å². The fourth-order valence-corrected chi connectivity index (χ4v) is 7.21. The van der Waals surface area contributed by atoms with Crippen molar-refractivity contribution in [3.63, 3.8) is 0 Å². The highest BCUT2D eigenvalue weighted by Crippen LogP contribution is 2.42. The van der Waals surface area contributed by atoms with Crippen LogP contribution in [0.3, 0.4) is 0 Å². The lowest BCUT2D eigenvalue weighted by atomic mass is 9.99. The van der Waals surface area contributed by atoms with Crippen molar-refractivity contribution < 1.29 is 31.4 Å². The molecule has 0 bridgehead atoms. The van der Waals surface area contributed by atoms with Crippen LogP contribution in [0.15, 0.2) is 82.6 Å². The molecule has 236 valence electrons. The van der Waals surface area contributed by atoms with E-state index >= 15 is 0 Å². The Morgan fingerprint density at radius 3 is 1.98 bits per heavy atom. The quantitative estimate of drug-likeness (QED) is 0.186. The molecule has 11 heteroatoms. The molecule has 0 amide bonds. The third kappa shape index (κ3) is 7.66. The molecular weight excluding hydrogens is 622 g/mol. The van der Waals surface area contributed by atoms with Crippen molar-refractivity contribution in [1.29, 1.82) is 0 Å². The van der Waals surface area contributed by atoms with Crippen molar-refractivity contribution in [2.45, 2.75) is 42.9 Å². The van der Waals surface area contributed by atoms with Gasteiger partial charge < -0.3 is 14.6 Å². The fraction of sp³-hybridized carbons (Fsp3) is 0.333. The van der Waals surface area contributed by atoms with E-state index in [0.717, 1.165) is 25.4 Å². The Labute approximate surface area is 265 Å². The number of halogens is 1. The molecule has 1 aliphatic rings. The second-order valence-corrected chi connectivity index (χ2v) is 15.2. The molecule has 8 nitrogen and oxygen atoms in total. The Bertz CT molecular complexity index is 1770. The Kier molecular flexibility index (Phi) is 10.8. The van der Waals surface area contributed by atoms with Crippen LogP contribution >= 0.6 is 12.4 Å². The van der Waals surface area contributed by atoms with Crippen LogP contribution in [0, 0.1) is 0 Å². The fourth-order valence-electron chi connectivity index (χ4n) is 5.24. The Morgan fingerprint density at radius 1 is 0.750 bits per heavy atom. The summed E-state index contributed by atoms with van der Waals surface area (Å²) in [6.45, 7) is 6.74. The zero-order valence-electron chi connectivity index (χ0n) is 24.9. The summed E-state index contributed by atoms with van der Waals surface area (Å²) in [7, 11) is -7.43. The third-order valence-electron chi connectivity index (χ3n) is 7.79. The van der Waals surface area contributed by atoms with Crippen LogP contribution in [0.25, 0.3) is 21.9 Å². The number of hydrogen-bond donors (Lipinski definition) is 1. The lowest BCUT2D eigenvalue weighted by molar-refractivity contribution is 0.183. The van der Waals surface area contributed by atoms with Crippen LogP contribution < -0.4 is 9.47 Å². The van der Waals surface area contributed by atoms with Gasteiger partial charge in [0.15, 0.2) is 19.7 Å². The van der Waals surface area contributed by atoms with Gasteiger partial charge in [-0.15, -0.1) is 12.4 Å². The Balaban J connectivity index is 0.00000442. The number of phenols is 1. The van der Waals surface area contributed by atoms with E-state index in [1.165, 1.54) is 51.3 Å². The van der Waals surface area contributed by atoms with Crippen molar-refractivity contribution in [3.8, 4) is 34.1 Å². The summed E-state index contributed by atoms with van der Waals surface area (Å²) in [5.74, 6) is 1.39. The maximum atomic E-state index is 12.9. The molecule has 4 aromatic carbocycles. The van der Waals surface area contributed by atoms with Gasteiger partial charge in [-0.05, 0) is 104 Å². The first-order chi connectivity index (χ1) is 20.6. The van der Waals surface area contributed by atoms with Crippen LogP contribution in [-0.2, 0) is 19.7 Å². The summed E-state index contributed by atoms with van der Waals surface area (Å²) < 4.78 is 64.0. The molecule has 0 unspecified atom stereocenters. The van der Waals surface area contributed by atoms with E-state index in [1.54, 1.807) is 42.5 Å². The number of hydrogen-bond acceptors (Lipinski definition) is 8. The van der Waals surface area contributed by atoms with Gasteiger partial charge in [0.1, 0.15) is 29.6 Å². The number of fused-ring (bicyclic) bond motifs is 1. The number of nitrogens with zero attached hydrogens (tertiary/aromatic N) is 1. The predicted octanol–water partition coefficient (Wildman–Crippen LogP) is 6.88. The zero-order chi connectivity index (χ0) is 30.6. The number of sulfone groups is 2. The molecule has 0 atom stereocenters. The van der Waals surface area contributed by atoms with Crippen LogP contribution in [0.4, 0.5) is 0 Å². The van der Waals surface area contributed by atoms with Crippen molar-refractivity contribution in [1.82, 2.24) is 4.90 Å². The average Bonchev–Trinajstić information content (AvgIpc) is 3.02. The smallest absolute Gasteiger partial charge is 0.178 e. The number of rotatable bonds is 11. The predicted molar refractivity (Wildman–Crippen MR) is 176 cm³/mol. The average molecular weight is 660 g/mol. The minimum absolute atomic E-state index is 0. The summed E-state index contributed by atoms with van der Waals surface area (Å²) in [4.78, 5) is 2.28. The highest BCUT2D eigenvalue weighted by atomic mass is 35.5. The van der Waals surface area contributed by atoms with Gasteiger partial charge in [-0.3, -0.25) is 4.90 Å². The van der Waals surface area contributed by atoms with E-state index in [2.05, 4.69) is 4.90 Å². The van der Waals surface area contributed by atoms with Crippen molar-refractivity contribution >= 4 is 42.9 Å². The molecule has 0 radical (unpaired) electrons. The molecule has 0 aromatic heterocycles. The van der Waals surface area contributed by atoms with Gasteiger partial charge in [-0.2, -0.15) is 0 Å². The van der Waals surface area contributed by atoms with Crippen LogP contribution in [0.5, 0.6) is 23.0 Å². The number of likely N-dealkylation sites (tertiary alicyclic amines) is 1. The standard InChI is InChI=1S/C33H37NO7S2.ClH/c1-3-42(36,37)29-21-25(22-30(23-29)43(38,39)4-2)32-14-8-24-20-26(35)9-15-31(24)33(32)41-28-12-10-27(11-13-28)40-19-18-34-16-6-5-7-17-34;/h8-15,20-23,35H,3-7,16-19H2,1-2H3;1H. The molecule has 0 saturated carbocycles. The summed E-state index contributed by atoms with van der Waals surface area (Å²) in [5.41, 5.74) is 0.907. The largest absolute Gasteiger partial charge is 0.508 e. The molecule has 4 aromatic rings. The maximum absolute atomic E-state index is 12.9. The summed E-state index contributed by atoms with van der Waals surface area (Å²) in [5, 5.41) is 11.5. The zero-order valence-corrected chi connectivity index (χ0v) is 27.3. The molecule has 1 aliphatic heterocycles. The molecular formula is C33H38ClNO7S2. The molecule has 1 fully saturated rings. The van der Waals surface area contributed by atoms with E-state index in [1.807, 2.05) is 12.1 Å². The first-order valence-corrected chi connectivity index (χ1v) is 17.9. The number of aromatic hydroxyl groups is 1. The molecule has 0 spiro atoms. The highest BCUT2D eigenvalue weighted by Gasteiger charge is 2.22. The van der Waals surface area contributed by atoms with Crippen LogP contribution in [0.1, 0.15) is 33.1 Å². The van der Waals surface area contributed by atoms with Crippen molar-refractivity contribution in [3.05, 3.63) is 72.8 Å². The van der Waals surface area contributed by atoms with E-state index in [9.17, 15) is 21.9 Å². The number of phenolic OH excluding ortho intramolecular Hbond substituents is 1. The van der Waals surface area contributed by atoms with Crippen LogP contribution in [0.2, 0.25) is 0 Å². The highest BCUT2D eigenvalue weighted by molar-refractivity contribution is 7.92. The van der Waals surface area contributed by atoms with Crippen LogP contribution in [-0.4, -0.2) is 64.6 Å². The molecule has 1 N–H and O–H groups in total. The van der Waals surface area contributed by atoms with E-state index in [-0.39, 0.29) is 39.5 Å². The molecule has 0 aliphatic carbocycles. The second-order valence-electron chi connectivity index (χ2n) is 10.7. The minimum atomic E-state index is -3.71. The van der Waals surface area contributed by atoms with Crippen molar-refractivity contribution in [2.75, 3.05) is 37.7 Å². The summed E-state index contributed by atoms with van der Waals surface area (Å²) in [6.07, 6.45) is 3.76. The van der Waals surface area contributed by atoms with E-state index < -0.39 is 19.7 Å². The first kappa shape index (κ1) is 33.6. The van der Waals surface area contributed by atoms with Crippen molar-refractivity contribution in [2.24, 2.45) is 0 Å². The first-order valence-electron chi connectivity index (χ1n) is 14.6.